The minimum Gasteiger partial charge on any atom is -0.353 e. The molecule has 3 nitrogen and oxygen atoms in total. The molecule has 5 heteroatoms. The second-order valence-corrected chi connectivity index (χ2v) is 6.32. The molecule has 0 amide bonds. The molecule has 1 fully saturated rings. The standard InChI is InChI=1S/C11H18ClN3S/c1-8-4-3-5-11(6-8,7-12)13-10-15-14-9(2)16-10/h8H,3-7H2,1-2H3,(H,13,15). The molecule has 1 heterocycles. The van der Waals surface area contributed by atoms with Crippen LogP contribution in [0.3, 0.4) is 0 Å². The van der Waals surface area contributed by atoms with Crippen molar-refractivity contribution in [2.45, 2.75) is 45.1 Å². The summed E-state index contributed by atoms with van der Waals surface area (Å²) >= 11 is 7.76. The van der Waals surface area contributed by atoms with Crippen LogP contribution < -0.4 is 5.32 Å². The molecule has 0 bridgehead atoms. The van der Waals surface area contributed by atoms with Gasteiger partial charge in [-0.1, -0.05) is 31.1 Å². The van der Waals surface area contributed by atoms with Crippen molar-refractivity contribution < 1.29 is 0 Å². The molecule has 0 saturated heterocycles. The fraction of sp³-hybridized carbons (Fsp3) is 0.818. The lowest BCUT2D eigenvalue weighted by atomic mass is 9.77. The highest BCUT2D eigenvalue weighted by molar-refractivity contribution is 7.15. The van der Waals surface area contributed by atoms with Crippen LogP contribution in [0.1, 0.15) is 37.6 Å². The van der Waals surface area contributed by atoms with Gasteiger partial charge in [-0.05, 0) is 25.7 Å². The first kappa shape index (κ1) is 12.1. The molecule has 2 atom stereocenters. The smallest absolute Gasteiger partial charge is 0.206 e. The van der Waals surface area contributed by atoms with E-state index < -0.39 is 0 Å². The van der Waals surface area contributed by atoms with E-state index in [0.717, 1.165) is 28.9 Å². The van der Waals surface area contributed by atoms with Crippen LogP contribution in [0.15, 0.2) is 0 Å². The number of hydrogen-bond donors (Lipinski definition) is 1. The highest BCUT2D eigenvalue weighted by Gasteiger charge is 2.34. The van der Waals surface area contributed by atoms with Crippen molar-refractivity contribution in [2.24, 2.45) is 5.92 Å². The van der Waals surface area contributed by atoms with E-state index in [1.165, 1.54) is 12.8 Å². The summed E-state index contributed by atoms with van der Waals surface area (Å²) in [4.78, 5) is 0. The van der Waals surface area contributed by atoms with Gasteiger partial charge in [0.2, 0.25) is 5.13 Å². The molecule has 2 rings (SSSR count). The molecule has 90 valence electrons. The van der Waals surface area contributed by atoms with Crippen molar-refractivity contribution in [1.29, 1.82) is 0 Å². The summed E-state index contributed by atoms with van der Waals surface area (Å²) in [5.74, 6) is 1.39. The Balaban J connectivity index is 2.09. The third-order valence-corrected chi connectivity index (χ3v) is 4.51. The monoisotopic (exact) mass is 259 g/mol. The zero-order chi connectivity index (χ0) is 11.6. The van der Waals surface area contributed by atoms with E-state index >= 15 is 0 Å². The largest absolute Gasteiger partial charge is 0.353 e. The van der Waals surface area contributed by atoms with E-state index in [9.17, 15) is 0 Å². The van der Waals surface area contributed by atoms with Crippen LogP contribution in [0.4, 0.5) is 5.13 Å². The summed E-state index contributed by atoms with van der Waals surface area (Å²) in [5.41, 5.74) is 0.0329. The highest BCUT2D eigenvalue weighted by atomic mass is 35.5. The maximum atomic E-state index is 6.15. The molecule has 1 aliphatic carbocycles. The van der Waals surface area contributed by atoms with E-state index in [0.29, 0.717) is 5.88 Å². The Labute approximate surface area is 106 Å². The highest BCUT2D eigenvalue weighted by Crippen LogP contribution is 2.36. The molecular formula is C11H18ClN3S. The van der Waals surface area contributed by atoms with Gasteiger partial charge < -0.3 is 5.32 Å². The van der Waals surface area contributed by atoms with E-state index in [1.807, 2.05) is 6.92 Å². The maximum Gasteiger partial charge on any atom is 0.206 e. The van der Waals surface area contributed by atoms with Crippen molar-refractivity contribution in [3.8, 4) is 0 Å². The second-order valence-electron chi connectivity index (χ2n) is 4.87. The molecule has 1 aromatic rings. The molecule has 1 aliphatic rings. The third-order valence-electron chi connectivity index (χ3n) is 3.25. The van der Waals surface area contributed by atoms with Crippen LogP contribution in [0, 0.1) is 12.8 Å². The quantitative estimate of drug-likeness (QED) is 0.845. The summed E-state index contributed by atoms with van der Waals surface area (Å²) < 4.78 is 0. The number of rotatable bonds is 3. The zero-order valence-electron chi connectivity index (χ0n) is 9.79. The number of anilines is 1. The van der Waals surface area contributed by atoms with Crippen LogP contribution >= 0.6 is 22.9 Å². The van der Waals surface area contributed by atoms with Gasteiger partial charge in [0.1, 0.15) is 5.01 Å². The Morgan fingerprint density at radius 3 is 2.94 bits per heavy atom. The number of hydrogen-bond acceptors (Lipinski definition) is 4. The molecule has 0 aromatic carbocycles. The minimum absolute atomic E-state index is 0.0329. The van der Waals surface area contributed by atoms with Crippen LogP contribution in [0.25, 0.3) is 0 Å². The van der Waals surface area contributed by atoms with Crippen LogP contribution in [0.2, 0.25) is 0 Å². The fourth-order valence-electron chi connectivity index (χ4n) is 2.50. The predicted molar refractivity (Wildman–Crippen MR) is 69.4 cm³/mol. The number of nitrogens with one attached hydrogen (secondary N) is 1. The molecule has 0 aliphatic heterocycles. The topological polar surface area (TPSA) is 37.8 Å². The van der Waals surface area contributed by atoms with Crippen molar-refractivity contribution in [1.82, 2.24) is 10.2 Å². The maximum absolute atomic E-state index is 6.15. The van der Waals surface area contributed by atoms with Gasteiger partial charge in [0, 0.05) is 5.88 Å². The second kappa shape index (κ2) is 4.88. The Morgan fingerprint density at radius 1 is 1.56 bits per heavy atom. The first-order valence-corrected chi connectivity index (χ1v) is 7.13. The Bertz CT molecular complexity index is 355. The molecule has 1 aromatic heterocycles. The van der Waals surface area contributed by atoms with Gasteiger partial charge in [-0.2, -0.15) is 0 Å². The molecule has 0 radical (unpaired) electrons. The lowest BCUT2D eigenvalue weighted by Crippen LogP contribution is -2.44. The van der Waals surface area contributed by atoms with Crippen molar-refractivity contribution in [3.05, 3.63) is 5.01 Å². The van der Waals surface area contributed by atoms with Crippen molar-refractivity contribution in [2.75, 3.05) is 11.2 Å². The number of nitrogens with zero attached hydrogens (tertiary/aromatic N) is 2. The van der Waals surface area contributed by atoms with E-state index in [1.54, 1.807) is 11.3 Å². The molecule has 1 saturated carbocycles. The Hall–Kier alpha value is -0.350. The first-order valence-electron chi connectivity index (χ1n) is 5.78. The number of aromatic nitrogens is 2. The molecule has 16 heavy (non-hydrogen) atoms. The van der Waals surface area contributed by atoms with Gasteiger partial charge in [0.25, 0.3) is 0 Å². The summed E-state index contributed by atoms with van der Waals surface area (Å²) in [5, 5.41) is 13.6. The Kier molecular flexibility index (Phi) is 3.70. The summed E-state index contributed by atoms with van der Waals surface area (Å²) in [6, 6.07) is 0. The molecule has 0 spiro atoms. The number of aryl methyl sites for hydroxylation is 1. The van der Waals surface area contributed by atoms with Crippen LogP contribution in [0.5, 0.6) is 0 Å². The first-order chi connectivity index (χ1) is 7.63. The van der Waals surface area contributed by atoms with E-state index in [2.05, 4.69) is 22.4 Å². The average Bonchev–Trinajstić information content (AvgIpc) is 2.64. The van der Waals surface area contributed by atoms with E-state index in [-0.39, 0.29) is 5.54 Å². The molecule has 1 N–H and O–H groups in total. The van der Waals surface area contributed by atoms with Gasteiger partial charge in [-0.25, -0.2) is 0 Å². The van der Waals surface area contributed by atoms with Crippen molar-refractivity contribution >= 4 is 28.1 Å². The normalized spacial score (nSPS) is 30.3. The number of alkyl halides is 1. The lowest BCUT2D eigenvalue weighted by Gasteiger charge is -2.39. The fourth-order valence-corrected chi connectivity index (χ4v) is 3.52. The van der Waals surface area contributed by atoms with Crippen LogP contribution in [-0.2, 0) is 0 Å². The van der Waals surface area contributed by atoms with E-state index in [4.69, 9.17) is 11.6 Å². The van der Waals surface area contributed by atoms with Crippen molar-refractivity contribution in [3.63, 3.8) is 0 Å². The average molecular weight is 260 g/mol. The number of halogens is 1. The Morgan fingerprint density at radius 2 is 2.38 bits per heavy atom. The molecular weight excluding hydrogens is 242 g/mol. The summed E-state index contributed by atoms with van der Waals surface area (Å²) in [6.45, 7) is 4.27. The SMILES string of the molecule is Cc1nnc(NC2(CCl)CCCC(C)C2)s1. The van der Waals surface area contributed by atoms with Gasteiger partial charge in [-0.3, -0.25) is 0 Å². The van der Waals surface area contributed by atoms with Gasteiger partial charge >= 0.3 is 0 Å². The van der Waals surface area contributed by atoms with Gasteiger partial charge in [0.15, 0.2) is 0 Å². The summed E-state index contributed by atoms with van der Waals surface area (Å²) in [7, 11) is 0. The van der Waals surface area contributed by atoms with Gasteiger partial charge in [-0.15, -0.1) is 21.8 Å². The zero-order valence-corrected chi connectivity index (χ0v) is 11.4. The van der Waals surface area contributed by atoms with Crippen LogP contribution in [-0.4, -0.2) is 21.6 Å². The predicted octanol–water partition coefficient (Wildman–Crippen LogP) is 3.45. The van der Waals surface area contributed by atoms with Gasteiger partial charge in [0.05, 0.1) is 5.54 Å². The lowest BCUT2D eigenvalue weighted by molar-refractivity contribution is 0.279. The minimum atomic E-state index is 0.0329. The molecule has 2 unspecified atom stereocenters. The summed E-state index contributed by atoms with van der Waals surface area (Å²) in [6.07, 6.45) is 4.84. The third kappa shape index (κ3) is 2.66.